The molecule has 0 bridgehead atoms. The number of hydrogen-bond donors (Lipinski definition) is 1. The smallest absolute Gasteiger partial charge is 0.406 e. The van der Waals surface area contributed by atoms with Gasteiger partial charge in [-0.3, -0.25) is 0 Å². The van der Waals surface area contributed by atoms with Crippen LogP contribution in [0, 0.1) is 32.5 Å². The average Bonchev–Trinajstić information content (AvgIpc) is 3.59. The molecule has 0 spiro atoms. The molecule has 192 valence electrons. The molecule has 5 rings (SSSR count). The van der Waals surface area contributed by atoms with E-state index in [-0.39, 0.29) is 5.82 Å². The van der Waals surface area contributed by atoms with Gasteiger partial charge in [0.2, 0.25) is 0 Å². The van der Waals surface area contributed by atoms with Gasteiger partial charge in [0.1, 0.15) is 29.5 Å². The Labute approximate surface area is 214 Å². The van der Waals surface area contributed by atoms with E-state index in [0.717, 1.165) is 29.2 Å². The molecule has 0 saturated heterocycles. The minimum atomic E-state index is -0.479. The van der Waals surface area contributed by atoms with Crippen molar-refractivity contribution in [2.24, 2.45) is 5.92 Å². The van der Waals surface area contributed by atoms with Gasteiger partial charge in [-0.15, -0.1) is 0 Å². The summed E-state index contributed by atoms with van der Waals surface area (Å²) in [5, 5.41) is 12.8. The Hall–Kier alpha value is -4.28. The highest BCUT2D eigenvalue weighted by atomic mass is 19.1. The standard InChI is InChI=1S/C26H29FN8O2/c1-15-23(19-8-10-20(27)11-9-19)32-34(13-18-6-7-18)25(15)30-21-12-22(29-14-28-21)35-17(3)24(16(2)31-35)37-26(36)33(4)5/h8-12,14,18H,6-7,13H2,1-5H3,(H,28,29,30). The second kappa shape index (κ2) is 9.64. The van der Waals surface area contributed by atoms with Crippen molar-refractivity contribution in [3.8, 4) is 22.8 Å². The molecule has 1 aromatic carbocycles. The molecule has 1 aliphatic rings. The molecule has 0 radical (unpaired) electrons. The van der Waals surface area contributed by atoms with Crippen LogP contribution in [0.1, 0.15) is 29.8 Å². The Morgan fingerprint density at radius 1 is 1.14 bits per heavy atom. The van der Waals surface area contributed by atoms with E-state index in [4.69, 9.17) is 9.84 Å². The third kappa shape index (κ3) is 5.02. The van der Waals surface area contributed by atoms with Crippen LogP contribution < -0.4 is 10.1 Å². The maximum absolute atomic E-state index is 13.5. The summed E-state index contributed by atoms with van der Waals surface area (Å²) in [6.07, 6.45) is 3.34. The fourth-order valence-corrected chi connectivity index (χ4v) is 4.10. The van der Waals surface area contributed by atoms with Gasteiger partial charge in [0, 0.05) is 37.8 Å². The topological polar surface area (TPSA) is 103 Å². The molecular weight excluding hydrogens is 475 g/mol. The van der Waals surface area contributed by atoms with Crippen LogP contribution >= 0.6 is 0 Å². The molecule has 3 heterocycles. The molecule has 1 N–H and O–H groups in total. The number of aromatic nitrogens is 6. The maximum Gasteiger partial charge on any atom is 0.414 e. The molecule has 11 heteroatoms. The first-order chi connectivity index (χ1) is 17.7. The number of aryl methyl sites for hydroxylation is 1. The van der Waals surface area contributed by atoms with Crippen LogP contribution in [0.15, 0.2) is 36.7 Å². The van der Waals surface area contributed by atoms with E-state index in [2.05, 4.69) is 20.4 Å². The SMILES string of the molecule is Cc1nn(-c2cc(Nc3c(C)c(-c4ccc(F)cc4)nn3CC3CC3)ncn2)c(C)c1OC(=O)N(C)C. The Balaban J connectivity index is 1.47. The Bertz CT molecular complexity index is 1450. The fourth-order valence-electron chi connectivity index (χ4n) is 4.10. The van der Waals surface area contributed by atoms with Gasteiger partial charge in [0.25, 0.3) is 0 Å². The summed E-state index contributed by atoms with van der Waals surface area (Å²) in [4.78, 5) is 22.2. The zero-order valence-corrected chi connectivity index (χ0v) is 21.5. The van der Waals surface area contributed by atoms with E-state index in [1.165, 1.54) is 36.2 Å². The lowest BCUT2D eigenvalue weighted by atomic mass is 10.1. The van der Waals surface area contributed by atoms with Gasteiger partial charge in [-0.05, 0) is 63.8 Å². The van der Waals surface area contributed by atoms with Crippen molar-refractivity contribution < 1.29 is 13.9 Å². The molecule has 0 aliphatic heterocycles. The first-order valence-electron chi connectivity index (χ1n) is 12.1. The molecule has 0 unspecified atom stereocenters. The summed E-state index contributed by atoms with van der Waals surface area (Å²) in [5.74, 6) is 2.62. The summed E-state index contributed by atoms with van der Waals surface area (Å²) in [6, 6.07) is 8.14. The van der Waals surface area contributed by atoms with Crippen molar-refractivity contribution in [1.82, 2.24) is 34.4 Å². The highest BCUT2D eigenvalue weighted by Gasteiger charge is 2.26. The average molecular weight is 505 g/mol. The van der Waals surface area contributed by atoms with Crippen LogP contribution in [0.4, 0.5) is 20.8 Å². The molecule has 10 nitrogen and oxygen atoms in total. The summed E-state index contributed by atoms with van der Waals surface area (Å²) < 4.78 is 22.6. The van der Waals surface area contributed by atoms with Gasteiger partial charge >= 0.3 is 6.09 Å². The number of rotatable bonds is 7. The minimum absolute atomic E-state index is 0.283. The van der Waals surface area contributed by atoms with E-state index in [9.17, 15) is 9.18 Å². The number of ether oxygens (including phenoxy) is 1. The normalized spacial score (nSPS) is 13.0. The number of amides is 1. The van der Waals surface area contributed by atoms with Crippen LogP contribution in [-0.4, -0.2) is 54.6 Å². The maximum atomic E-state index is 13.5. The monoisotopic (exact) mass is 504 g/mol. The Morgan fingerprint density at radius 2 is 1.86 bits per heavy atom. The highest BCUT2D eigenvalue weighted by molar-refractivity contribution is 5.72. The number of nitrogens with one attached hydrogen (secondary N) is 1. The molecular formula is C26H29FN8O2. The summed E-state index contributed by atoms with van der Waals surface area (Å²) in [5.41, 5.74) is 3.80. The molecule has 0 atom stereocenters. The van der Waals surface area contributed by atoms with Crippen molar-refractivity contribution in [1.29, 1.82) is 0 Å². The molecule has 1 aliphatic carbocycles. The van der Waals surface area contributed by atoms with E-state index >= 15 is 0 Å². The lowest BCUT2D eigenvalue weighted by Gasteiger charge is -2.12. The zero-order chi connectivity index (χ0) is 26.3. The third-order valence-electron chi connectivity index (χ3n) is 6.33. The van der Waals surface area contributed by atoms with Crippen molar-refractivity contribution in [2.75, 3.05) is 19.4 Å². The van der Waals surface area contributed by atoms with Crippen molar-refractivity contribution in [2.45, 2.75) is 40.2 Å². The minimum Gasteiger partial charge on any atom is -0.406 e. The number of anilines is 2. The number of halogens is 1. The second-order valence-corrected chi connectivity index (χ2v) is 9.52. The van der Waals surface area contributed by atoms with Crippen molar-refractivity contribution >= 4 is 17.7 Å². The van der Waals surface area contributed by atoms with Crippen LogP contribution in [0.3, 0.4) is 0 Å². The lowest BCUT2D eigenvalue weighted by molar-refractivity contribution is 0.171. The first kappa shape index (κ1) is 24.4. The van der Waals surface area contributed by atoms with E-state index in [1.807, 2.05) is 18.5 Å². The van der Waals surface area contributed by atoms with E-state index < -0.39 is 6.09 Å². The zero-order valence-electron chi connectivity index (χ0n) is 21.5. The lowest BCUT2D eigenvalue weighted by Crippen LogP contribution is -2.25. The van der Waals surface area contributed by atoms with Gasteiger partial charge in [-0.25, -0.2) is 28.5 Å². The number of nitrogens with zero attached hydrogens (tertiary/aromatic N) is 7. The fraction of sp³-hybridized carbons (Fsp3) is 0.346. The second-order valence-electron chi connectivity index (χ2n) is 9.52. The molecule has 37 heavy (non-hydrogen) atoms. The van der Waals surface area contributed by atoms with E-state index in [1.54, 1.807) is 43.9 Å². The van der Waals surface area contributed by atoms with Gasteiger partial charge < -0.3 is 15.0 Å². The Kier molecular flexibility index (Phi) is 6.36. The number of hydrogen-bond acceptors (Lipinski definition) is 7. The van der Waals surface area contributed by atoms with Gasteiger partial charge in [-0.1, -0.05) is 0 Å². The summed E-state index contributed by atoms with van der Waals surface area (Å²) in [7, 11) is 3.24. The highest BCUT2D eigenvalue weighted by Crippen LogP contribution is 2.35. The predicted molar refractivity (Wildman–Crippen MR) is 137 cm³/mol. The number of benzene rings is 1. The van der Waals surface area contributed by atoms with Crippen LogP contribution in [-0.2, 0) is 6.54 Å². The first-order valence-corrected chi connectivity index (χ1v) is 12.1. The van der Waals surface area contributed by atoms with Crippen molar-refractivity contribution in [3.63, 3.8) is 0 Å². The van der Waals surface area contributed by atoms with Gasteiger partial charge in [0.15, 0.2) is 11.6 Å². The quantitative estimate of drug-likeness (QED) is 0.385. The molecule has 1 amide bonds. The molecule has 1 saturated carbocycles. The number of carbonyl (C=O) groups is 1. The van der Waals surface area contributed by atoms with Crippen LogP contribution in [0.2, 0.25) is 0 Å². The molecule has 3 aromatic heterocycles. The third-order valence-corrected chi connectivity index (χ3v) is 6.33. The Morgan fingerprint density at radius 3 is 2.54 bits per heavy atom. The number of carbonyl (C=O) groups excluding carboxylic acids is 1. The van der Waals surface area contributed by atoms with E-state index in [0.29, 0.717) is 34.7 Å². The predicted octanol–water partition coefficient (Wildman–Crippen LogP) is 4.80. The molecule has 1 fully saturated rings. The van der Waals surface area contributed by atoms with Crippen LogP contribution in [0.5, 0.6) is 5.75 Å². The summed E-state index contributed by atoms with van der Waals surface area (Å²) >= 11 is 0. The van der Waals surface area contributed by atoms with Gasteiger partial charge in [-0.2, -0.15) is 10.2 Å². The van der Waals surface area contributed by atoms with Crippen LogP contribution in [0.25, 0.3) is 17.1 Å². The summed E-state index contributed by atoms with van der Waals surface area (Å²) in [6.45, 7) is 6.38. The van der Waals surface area contributed by atoms with Crippen molar-refractivity contribution in [3.05, 3.63) is 59.4 Å². The molecule has 4 aromatic rings. The largest absolute Gasteiger partial charge is 0.414 e. The van der Waals surface area contributed by atoms with Gasteiger partial charge in [0.05, 0.1) is 11.4 Å².